The molecule has 0 amide bonds. The van der Waals surface area contributed by atoms with Gasteiger partial charge in [-0.05, 0) is 41.8 Å². The van der Waals surface area contributed by atoms with Crippen LogP contribution in [0.1, 0.15) is 17.5 Å². The summed E-state index contributed by atoms with van der Waals surface area (Å²) in [6.45, 7) is 4.06. The predicted molar refractivity (Wildman–Crippen MR) is 107 cm³/mol. The van der Waals surface area contributed by atoms with Crippen molar-refractivity contribution < 1.29 is 19.3 Å². The summed E-state index contributed by atoms with van der Waals surface area (Å²) in [5, 5.41) is 19.7. The minimum absolute atomic E-state index is 0.0461. The standard InChI is InChI=1S/C21H26ClFN2O3/c1-28-20-11-16(10-19(22)21(20)27)12-24-7-8-25(18(14-24)6-9-26)13-15-2-4-17(23)5-3-15/h2-5,10-11,18,26-27H,6-9,12-14H2,1H3. The Morgan fingerprint density at radius 1 is 1.14 bits per heavy atom. The first-order valence-corrected chi connectivity index (χ1v) is 9.75. The van der Waals surface area contributed by atoms with Crippen LogP contribution in [0.15, 0.2) is 36.4 Å². The molecule has 0 saturated carbocycles. The van der Waals surface area contributed by atoms with E-state index in [0.29, 0.717) is 18.7 Å². The van der Waals surface area contributed by atoms with Crippen LogP contribution in [0.3, 0.4) is 0 Å². The number of phenolic OH excluding ortho intramolecular Hbond substituents is 1. The lowest BCUT2D eigenvalue weighted by atomic mass is 10.1. The molecule has 1 aliphatic rings. The molecule has 0 radical (unpaired) electrons. The van der Waals surface area contributed by atoms with E-state index in [2.05, 4.69) is 9.80 Å². The average Bonchev–Trinajstić information content (AvgIpc) is 2.68. The summed E-state index contributed by atoms with van der Waals surface area (Å²) in [6.07, 6.45) is 0.678. The third-order valence-corrected chi connectivity index (χ3v) is 5.45. The molecule has 1 unspecified atom stereocenters. The van der Waals surface area contributed by atoms with Gasteiger partial charge >= 0.3 is 0 Å². The van der Waals surface area contributed by atoms with Crippen LogP contribution in [-0.2, 0) is 13.1 Å². The van der Waals surface area contributed by atoms with Crippen LogP contribution in [0.2, 0.25) is 5.02 Å². The van der Waals surface area contributed by atoms with Crippen molar-refractivity contribution in [2.75, 3.05) is 33.4 Å². The van der Waals surface area contributed by atoms with Crippen molar-refractivity contribution in [3.05, 3.63) is 58.4 Å². The summed E-state index contributed by atoms with van der Waals surface area (Å²) >= 11 is 6.10. The van der Waals surface area contributed by atoms with Crippen LogP contribution in [0, 0.1) is 5.82 Å². The van der Waals surface area contributed by atoms with Gasteiger partial charge in [-0.3, -0.25) is 9.80 Å². The summed E-state index contributed by atoms with van der Waals surface area (Å²) < 4.78 is 18.3. The third-order valence-electron chi connectivity index (χ3n) is 5.16. The molecular weight excluding hydrogens is 383 g/mol. The van der Waals surface area contributed by atoms with Crippen LogP contribution in [-0.4, -0.2) is 59.4 Å². The Morgan fingerprint density at radius 2 is 1.89 bits per heavy atom. The first-order chi connectivity index (χ1) is 13.5. The summed E-state index contributed by atoms with van der Waals surface area (Å²) in [7, 11) is 1.50. The van der Waals surface area contributed by atoms with Gasteiger partial charge in [0.15, 0.2) is 11.5 Å². The second kappa shape index (κ2) is 9.56. The van der Waals surface area contributed by atoms with Gasteiger partial charge in [0.2, 0.25) is 0 Å². The lowest BCUT2D eigenvalue weighted by Crippen LogP contribution is -2.52. The van der Waals surface area contributed by atoms with Crippen LogP contribution < -0.4 is 4.74 Å². The number of methoxy groups -OCH3 is 1. The molecule has 1 aliphatic heterocycles. The first kappa shape index (κ1) is 20.9. The van der Waals surface area contributed by atoms with Gasteiger partial charge in [0.25, 0.3) is 0 Å². The van der Waals surface area contributed by atoms with Crippen molar-refractivity contribution in [2.45, 2.75) is 25.6 Å². The topological polar surface area (TPSA) is 56.2 Å². The van der Waals surface area contributed by atoms with Gasteiger partial charge in [0, 0.05) is 45.4 Å². The monoisotopic (exact) mass is 408 g/mol. The Bertz CT molecular complexity index is 788. The van der Waals surface area contributed by atoms with Gasteiger partial charge < -0.3 is 14.9 Å². The zero-order valence-corrected chi connectivity index (χ0v) is 16.7. The number of rotatable bonds is 7. The minimum atomic E-state index is -0.233. The molecular formula is C21H26ClFN2O3. The molecule has 0 bridgehead atoms. The van der Waals surface area contributed by atoms with Crippen molar-refractivity contribution >= 4 is 11.6 Å². The van der Waals surface area contributed by atoms with Gasteiger partial charge in [-0.2, -0.15) is 0 Å². The van der Waals surface area contributed by atoms with Crippen molar-refractivity contribution in [2.24, 2.45) is 0 Å². The van der Waals surface area contributed by atoms with E-state index in [1.165, 1.54) is 19.2 Å². The number of hydrogen-bond donors (Lipinski definition) is 2. The van der Waals surface area contributed by atoms with Crippen LogP contribution in [0.25, 0.3) is 0 Å². The highest BCUT2D eigenvalue weighted by molar-refractivity contribution is 6.32. The highest BCUT2D eigenvalue weighted by atomic mass is 35.5. The maximum atomic E-state index is 13.1. The molecule has 0 aliphatic carbocycles. The minimum Gasteiger partial charge on any atom is -0.503 e. The molecule has 5 nitrogen and oxygen atoms in total. The zero-order chi connectivity index (χ0) is 20.1. The summed E-state index contributed by atoms with van der Waals surface area (Å²) in [5.74, 6) is 0.0861. The predicted octanol–water partition coefficient (Wildman–Crippen LogP) is 3.26. The van der Waals surface area contributed by atoms with E-state index in [1.807, 2.05) is 12.1 Å². The fourth-order valence-electron chi connectivity index (χ4n) is 3.69. The number of halogens is 2. The molecule has 2 N–H and O–H groups in total. The molecule has 1 saturated heterocycles. The molecule has 0 spiro atoms. The van der Waals surface area contributed by atoms with Crippen LogP contribution >= 0.6 is 11.6 Å². The summed E-state index contributed by atoms with van der Waals surface area (Å²) in [5.41, 5.74) is 2.03. The average molecular weight is 409 g/mol. The number of benzene rings is 2. The van der Waals surface area contributed by atoms with Crippen molar-refractivity contribution in [1.82, 2.24) is 9.80 Å². The lowest BCUT2D eigenvalue weighted by Gasteiger charge is -2.41. The van der Waals surface area contributed by atoms with Gasteiger partial charge in [0.1, 0.15) is 5.82 Å². The highest BCUT2D eigenvalue weighted by Gasteiger charge is 2.27. The van der Waals surface area contributed by atoms with Crippen molar-refractivity contribution in [3.63, 3.8) is 0 Å². The molecule has 152 valence electrons. The molecule has 3 rings (SSSR count). The molecule has 1 heterocycles. The number of piperazine rings is 1. The van der Waals surface area contributed by atoms with E-state index >= 15 is 0 Å². The molecule has 7 heteroatoms. The lowest BCUT2D eigenvalue weighted by molar-refractivity contribution is 0.0499. The second-order valence-corrected chi connectivity index (χ2v) is 7.53. The van der Waals surface area contributed by atoms with E-state index < -0.39 is 0 Å². The zero-order valence-electron chi connectivity index (χ0n) is 15.9. The molecule has 0 aromatic heterocycles. The van der Waals surface area contributed by atoms with E-state index in [1.54, 1.807) is 12.1 Å². The number of aromatic hydroxyl groups is 1. The van der Waals surface area contributed by atoms with E-state index in [4.69, 9.17) is 16.3 Å². The SMILES string of the molecule is COc1cc(CN2CCN(Cc3ccc(F)cc3)C(CCO)C2)cc(Cl)c1O. The first-order valence-electron chi connectivity index (χ1n) is 9.37. The normalized spacial score (nSPS) is 18.4. The number of nitrogens with zero attached hydrogens (tertiary/aromatic N) is 2. The molecule has 1 atom stereocenters. The molecule has 28 heavy (non-hydrogen) atoms. The number of ether oxygens (including phenoxy) is 1. The number of aliphatic hydroxyl groups is 1. The van der Waals surface area contributed by atoms with Gasteiger partial charge in [0.05, 0.1) is 12.1 Å². The number of hydrogen-bond acceptors (Lipinski definition) is 5. The number of phenols is 1. The summed E-state index contributed by atoms with van der Waals surface area (Å²) in [4.78, 5) is 4.65. The smallest absolute Gasteiger partial charge is 0.176 e. The third kappa shape index (κ3) is 5.14. The molecule has 2 aromatic rings. The highest BCUT2D eigenvalue weighted by Crippen LogP contribution is 2.35. The maximum Gasteiger partial charge on any atom is 0.176 e. The van der Waals surface area contributed by atoms with Crippen molar-refractivity contribution in [1.29, 1.82) is 0 Å². The van der Waals surface area contributed by atoms with E-state index in [0.717, 1.165) is 37.3 Å². The Labute approximate surface area is 169 Å². The molecule has 1 fully saturated rings. The molecule has 2 aromatic carbocycles. The van der Waals surface area contributed by atoms with Crippen LogP contribution in [0.5, 0.6) is 11.5 Å². The number of aliphatic hydroxyl groups excluding tert-OH is 1. The largest absolute Gasteiger partial charge is 0.503 e. The van der Waals surface area contributed by atoms with Gasteiger partial charge in [-0.25, -0.2) is 4.39 Å². The Kier molecular flexibility index (Phi) is 7.13. The Hall–Kier alpha value is -1.86. The summed E-state index contributed by atoms with van der Waals surface area (Å²) in [6, 6.07) is 10.3. The Balaban J connectivity index is 1.66. The van der Waals surface area contributed by atoms with Crippen molar-refractivity contribution in [3.8, 4) is 11.5 Å². The second-order valence-electron chi connectivity index (χ2n) is 7.13. The van der Waals surface area contributed by atoms with E-state index in [-0.39, 0.29) is 29.2 Å². The maximum absolute atomic E-state index is 13.1. The fourth-order valence-corrected chi connectivity index (χ4v) is 3.92. The quantitative estimate of drug-likeness (QED) is 0.736. The fraction of sp³-hybridized carbons (Fsp3) is 0.429. The van der Waals surface area contributed by atoms with Crippen LogP contribution in [0.4, 0.5) is 4.39 Å². The van der Waals surface area contributed by atoms with Gasteiger partial charge in [-0.15, -0.1) is 0 Å². The van der Waals surface area contributed by atoms with Gasteiger partial charge in [-0.1, -0.05) is 23.7 Å². The van der Waals surface area contributed by atoms with E-state index in [9.17, 15) is 14.6 Å². The Morgan fingerprint density at radius 3 is 2.57 bits per heavy atom.